The van der Waals surface area contributed by atoms with Gasteiger partial charge in [-0.25, -0.2) is 0 Å². The third-order valence-corrected chi connectivity index (χ3v) is 2.70. The van der Waals surface area contributed by atoms with E-state index in [4.69, 9.17) is 5.41 Å². The number of Topliss-reactive ketones (excluding diaryl/α,β-unsaturated/α-hetero) is 1. The lowest BCUT2D eigenvalue weighted by Gasteiger charge is -2.03. The van der Waals surface area contributed by atoms with E-state index < -0.39 is 0 Å². The van der Waals surface area contributed by atoms with Crippen LogP contribution in [0.15, 0.2) is 48.5 Å². The highest BCUT2D eigenvalue weighted by atomic mass is 16.1. The van der Waals surface area contributed by atoms with E-state index in [1.807, 2.05) is 48.5 Å². The Bertz CT molecular complexity index is 538. The van der Waals surface area contributed by atoms with Gasteiger partial charge in [-0.3, -0.25) is 4.79 Å². The first-order chi connectivity index (χ1) is 8.20. The predicted molar refractivity (Wildman–Crippen MR) is 69.8 cm³/mol. The van der Waals surface area contributed by atoms with E-state index in [1.165, 1.54) is 6.21 Å². The fraction of sp³-hybridized carbons (Fsp3) is 0.0667. The molecule has 0 aromatic heterocycles. The van der Waals surface area contributed by atoms with Gasteiger partial charge in [-0.1, -0.05) is 48.5 Å². The van der Waals surface area contributed by atoms with Crippen LogP contribution < -0.4 is 0 Å². The Labute approximate surface area is 100 Å². The van der Waals surface area contributed by atoms with Gasteiger partial charge in [-0.05, 0) is 23.6 Å². The van der Waals surface area contributed by atoms with E-state index in [-0.39, 0.29) is 5.78 Å². The van der Waals surface area contributed by atoms with Gasteiger partial charge in [0.15, 0.2) is 5.78 Å². The van der Waals surface area contributed by atoms with Gasteiger partial charge >= 0.3 is 0 Å². The second kappa shape index (κ2) is 4.74. The highest BCUT2D eigenvalue weighted by molar-refractivity contribution is 5.94. The number of carbonyl (C=O) groups is 1. The third kappa shape index (κ3) is 2.48. The Balaban J connectivity index is 2.32. The van der Waals surface area contributed by atoms with Crippen molar-refractivity contribution < 1.29 is 4.79 Å². The van der Waals surface area contributed by atoms with Crippen molar-refractivity contribution in [2.45, 2.75) is 6.92 Å². The molecule has 84 valence electrons. The van der Waals surface area contributed by atoms with Gasteiger partial charge in [0.1, 0.15) is 0 Å². The van der Waals surface area contributed by atoms with Gasteiger partial charge in [0.25, 0.3) is 0 Å². The van der Waals surface area contributed by atoms with Crippen molar-refractivity contribution in [2.75, 3.05) is 0 Å². The Kier molecular flexibility index (Phi) is 3.15. The van der Waals surface area contributed by atoms with E-state index in [0.717, 1.165) is 22.3 Å². The molecule has 2 rings (SSSR count). The number of hydrogen-bond donors (Lipinski definition) is 1. The number of benzene rings is 2. The summed E-state index contributed by atoms with van der Waals surface area (Å²) >= 11 is 0. The first kappa shape index (κ1) is 11.3. The van der Waals surface area contributed by atoms with E-state index in [9.17, 15) is 4.79 Å². The van der Waals surface area contributed by atoms with Crippen molar-refractivity contribution in [3.05, 3.63) is 59.7 Å². The number of carbonyl (C=O) groups excluding carboxylic acids is 1. The summed E-state index contributed by atoms with van der Waals surface area (Å²) in [7, 11) is 0. The van der Waals surface area contributed by atoms with Crippen LogP contribution in [0.1, 0.15) is 22.8 Å². The number of hydrogen-bond acceptors (Lipinski definition) is 2. The molecule has 0 heterocycles. The molecule has 17 heavy (non-hydrogen) atoms. The maximum Gasteiger partial charge on any atom is 0.159 e. The normalized spacial score (nSPS) is 9.94. The molecular weight excluding hydrogens is 210 g/mol. The third-order valence-electron chi connectivity index (χ3n) is 2.70. The fourth-order valence-corrected chi connectivity index (χ4v) is 1.67. The number of ketones is 1. The highest BCUT2D eigenvalue weighted by Gasteiger charge is 2.00. The zero-order valence-corrected chi connectivity index (χ0v) is 9.60. The molecule has 2 aromatic rings. The van der Waals surface area contributed by atoms with Gasteiger partial charge in [0.2, 0.25) is 0 Å². The standard InChI is InChI=1S/C15H13NO/c1-11(17)13-6-8-15(9-7-13)14-4-2-12(10-16)3-5-14/h2-10,16H,1H3. The number of nitrogens with one attached hydrogen (secondary N) is 1. The summed E-state index contributed by atoms with van der Waals surface area (Å²) in [6, 6.07) is 15.3. The molecule has 0 spiro atoms. The molecule has 2 heteroatoms. The minimum absolute atomic E-state index is 0.0794. The molecule has 1 N–H and O–H groups in total. The molecule has 0 fully saturated rings. The van der Waals surface area contributed by atoms with Crippen molar-refractivity contribution >= 4 is 12.0 Å². The van der Waals surface area contributed by atoms with E-state index in [1.54, 1.807) is 6.92 Å². The molecule has 0 aliphatic carbocycles. The lowest BCUT2D eigenvalue weighted by atomic mass is 10.0. The molecule has 2 nitrogen and oxygen atoms in total. The summed E-state index contributed by atoms with van der Waals surface area (Å²) in [5, 5.41) is 7.13. The first-order valence-corrected chi connectivity index (χ1v) is 5.42. The van der Waals surface area contributed by atoms with Gasteiger partial charge < -0.3 is 5.41 Å². The second-order valence-corrected chi connectivity index (χ2v) is 3.90. The quantitative estimate of drug-likeness (QED) is 0.627. The first-order valence-electron chi connectivity index (χ1n) is 5.42. The topological polar surface area (TPSA) is 40.9 Å². The smallest absolute Gasteiger partial charge is 0.159 e. The Morgan fingerprint density at radius 1 is 0.941 bits per heavy atom. The molecule has 2 aromatic carbocycles. The van der Waals surface area contributed by atoms with Crippen molar-refractivity contribution in [3.63, 3.8) is 0 Å². The van der Waals surface area contributed by atoms with E-state index >= 15 is 0 Å². The van der Waals surface area contributed by atoms with E-state index in [0.29, 0.717) is 0 Å². The van der Waals surface area contributed by atoms with Gasteiger partial charge in [0.05, 0.1) is 0 Å². The van der Waals surface area contributed by atoms with Crippen molar-refractivity contribution in [1.29, 1.82) is 5.41 Å². The predicted octanol–water partition coefficient (Wildman–Crippen LogP) is 3.55. The van der Waals surface area contributed by atoms with Crippen molar-refractivity contribution in [3.8, 4) is 11.1 Å². The molecular formula is C15H13NO. The summed E-state index contributed by atoms with van der Waals surface area (Å²) in [5.41, 5.74) is 3.77. The Hall–Kier alpha value is -2.22. The number of rotatable bonds is 3. The van der Waals surface area contributed by atoms with Crippen LogP contribution in [-0.4, -0.2) is 12.0 Å². The van der Waals surface area contributed by atoms with Gasteiger partial charge in [-0.2, -0.15) is 0 Å². The van der Waals surface area contributed by atoms with Crippen LogP contribution in [0.25, 0.3) is 11.1 Å². The summed E-state index contributed by atoms with van der Waals surface area (Å²) in [6.45, 7) is 1.56. The van der Waals surface area contributed by atoms with Crippen LogP contribution in [0.2, 0.25) is 0 Å². The van der Waals surface area contributed by atoms with Crippen LogP contribution in [0, 0.1) is 5.41 Å². The van der Waals surface area contributed by atoms with Crippen molar-refractivity contribution in [2.24, 2.45) is 0 Å². The van der Waals surface area contributed by atoms with Crippen LogP contribution in [-0.2, 0) is 0 Å². The molecule has 0 bridgehead atoms. The molecule has 0 unspecified atom stereocenters. The maximum atomic E-state index is 11.2. The Morgan fingerprint density at radius 2 is 1.41 bits per heavy atom. The maximum absolute atomic E-state index is 11.2. The zero-order valence-electron chi connectivity index (χ0n) is 9.60. The van der Waals surface area contributed by atoms with Crippen LogP contribution in [0.3, 0.4) is 0 Å². The molecule has 0 saturated heterocycles. The monoisotopic (exact) mass is 223 g/mol. The minimum atomic E-state index is 0.0794. The molecule has 0 aliphatic heterocycles. The SMILES string of the molecule is CC(=O)c1ccc(-c2ccc(C=N)cc2)cc1. The van der Waals surface area contributed by atoms with Crippen molar-refractivity contribution in [1.82, 2.24) is 0 Å². The highest BCUT2D eigenvalue weighted by Crippen LogP contribution is 2.20. The summed E-state index contributed by atoms with van der Waals surface area (Å²) in [6.07, 6.45) is 1.32. The van der Waals surface area contributed by atoms with E-state index in [2.05, 4.69) is 0 Å². The minimum Gasteiger partial charge on any atom is -0.308 e. The van der Waals surface area contributed by atoms with Gasteiger partial charge in [-0.15, -0.1) is 0 Å². The van der Waals surface area contributed by atoms with Gasteiger partial charge in [0, 0.05) is 11.8 Å². The molecule has 0 atom stereocenters. The zero-order chi connectivity index (χ0) is 12.3. The van der Waals surface area contributed by atoms with Crippen LogP contribution >= 0.6 is 0 Å². The average Bonchev–Trinajstić information content (AvgIpc) is 2.39. The fourth-order valence-electron chi connectivity index (χ4n) is 1.67. The summed E-state index contributed by atoms with van der Waals surface area (Å²) in [5.74, 6) is 0.0794. The van der Waals surface area contributed by atoms with Crippen LogP contribution in [0.4, 0.5) is 0 Å². The molecule has 0 aliphatic rings. The molecule has 0 amide bonds. The lowest BCUT2D eigenvalue weighted by molar-refractivity contribution is 0.101. The average molecular weight is 223 g/mol. The molecule has 0 saturated carbocycles. The lowest BCUT2D eigenvalue weighted by Crippen LogP contribution is -1.90. The van der Waals surface area contributed by atoms with Crippen LogP contribution in [0.5, 0.6) is 0 Å². The summed E-state index contributed by atoms with van der Waals surface area (Å²) < 4.78 is 0. The molecule has 0 radical (unpaired) electrons. The largest absolute Gasteiger partial charge is 0.308 e. The summed E-state index contributed by atoms with van der Waals surface area (Å²) in [4.78, 5) is 11.2. The second-order valence-electron chi connectivity index (χ2n) is 3.90. The Morgan fingerprint density at radius 3 is 1.82 bits per heavy atom.